The van der Waals surface area contributed by atoms with Crippen LogP contribution in [-0.4, -0.2) is 42.6 Å². The first-order chi connectivity index (χ1) is 9.23. The molecule has 2 saturated carbocycles. The van der Waals surface area contributed by atoms with Gasteiger partial charge in [-0.25, -0.2) is 0 Å². The molecule has 0 bridgehead atoms. The van der Waals surface area contributed by atoms with Crippen molar-refractivity contribution in [1.29, 1.82) is 0 Å². The second-order valence-corrected chi connectivity index (χ2v) is 7.44. The van der Waals surface area contributed by atoms with Crippen LogP contribution in [-0.2, 0) is 9.53 Å². The van der Waals surface area contributed by atoms with Crippen molar-refractivity contribution in [3.8, 4) is 0 Å². The van der Waals surface area contributed by atoms with Crippen LogP contribution in [0, 0.1) is 11.3 Å². The van der Waals surface area contributed by atoms with Crippen molar-refractivity contribution in [2.24, 2.45) is 17.1 Å². The van der Waals surface area contributed by atoms with E-state index < -0.39 is 0 Å². The molecule has 2 fully saturated rings. The molecule has 2 N–H and O–H groups in total. The molecule has 4 heteroatoms. The van der Waals surface area contributed by atoms with Crippen molar-refractivity contribution in [2.45, 2.75) is 70.6 Å². The molecule has 0 aromatic rings. The number of nitrogens with zero attached hydrogens (tertiary/aromatic N) is 1. The van der Waals surface area contributed by atoms with Crippen LogP contribution in [0.5, 0.6) is 0 Å². The Bertz CT molecular complexity index is 383. The predicted molar refractivity (Wildman–Crippen MR) is 80.3 cm³/mol. The summed E-state index contributed by atoms with van der Waals surface area (Å²) < 4.78 is 5.64. The topological polar surface area (TPSA) is 55.6 Å². The summed E-state index contributed by atoms with van der Waals surface area (Å²) in [4.78, 5) is 14.4. The third-order valence-electron chi connectivity index (χ3n) is 6.25. The molecule has 0 saturated heterocycles. The SMILES string of the molecule is COC1(C)CC(N(C)C(=O)C[C@@H]2CCC[C@H]2N)C1(C)C. The Morgan fingerprint density at radius 1 is 1.35 bits per heavy atom. The third-order valence-corrected chi connectivity index (χ3v) is 6.25. The maximum atomic E-state index is 12.5. The van der Waals surface area contributed by atoms with Crippen molar-refractivity contribution in [3.05, 3.63) is 0 Å². The van der Waals surface area contributed by atoms with Gasteiger partial charge in [0.25, 0.3) is 0 Å². The number of hydrogen-bond donors (Lipinski definition) is 1. The zero-order chi connectivity index (χ0) is 15.1. The van der Waals surface area contributed by atoms with Gasteiger partial charge in [-0.2, -0.15) is 0 Å². The standard InChI is InChI=1S/C16H30N2O2/c1-15(2)13(10-16(15,3)20-5)18(4)14(19)9-11-7-6-8-12(11)17/h11-13H,6-10,17H2,1-5H3/t11-,12+,13?,16?/m0/s1. The van der Waals surface area contributed by atoms with E-state index in [2.05, 4.69) is 20.8 Å². The number of carbonyl (C=O) groups excluding carboxylic acids is 1. The number of rotatable bonds is 4. The number of amides is 1. The lowest BCUT2D eigenvalue weighted by Crippen LogP contribution is -2.68. The van der Waals surface area contributed by atoms with E-state index in [1.165, 1.54) is 6.42 Å². The largest absolute Gasteiger partial charge is 0.378 e. The van der Waals surface area contributed by atoms with Gasteiger partial charge in [-0.1, -0.05) is 20.3 Å². The molecular weight excluding hydrogens is 252 g/mol. The molecule has 0 aromatic heterocycles. The lowest BCUT2D eigenvalue weighted by atomic mass is 9.55. The molecule has 4 atom stereocenters. The molecule has 2 rings (SSSR count). The van der Waals surface area contributed by atoms with Crippen LogP contribution >= 0.6 is 0 Å². The van der Waals surface area contributed by atoms with Gasteiger partial charge in [0.2, 0.25) is 5.91 Å². The van der Waals surface area contributed by atoms with Gasteiger partial charge < -0.3 is 15.4 Å². The van der Waals surface area contributed by atoms with Gasteiger partial charge in [0.05, 0.1) is 5.60 Å². The minimum absolute atomic E-state index is 0.00997. The number of hydrogen-bond acceptors (Lipinski definition) is 3. The van der Waals surface area contributed by atoms with Crippen LogP contribution in [0.1, 0.15) is 52.9 Å². The van der Waals surface area contributed by atoms with E-state index in [-0.39, 0.29) is 29.0 Å². The van der Waals surface area contributed by atoms with Gasteiger partial charge in [0.1, 0.15) is 0 Å². The third kappa shape index (κ3) is 2.37. The number of ether oxygens (including phenoxy) is 1. The second kappa shape index (κ2) is 5.30. The molecular formula is C16H30N2O2. The number of carbonyl (C=O) groups is 1. The van der Waals surface area contributed by atoms with E-state index in [1.54, 1.807) is 7.11 Å². The van der Waals surface area contributed by atoms with Crippen LogP contribution in [0.2, 0.25) is 0 Å². The van der Waals surface area contributed by atoms with E-state index in [0.717, 1.165) is 19.3 Å². The first kappa shape index (κ1) is 15.8. The Morgan fingerprint density at radius 2 is 2.00 bits per heavy atom. The van der Waals surface area contributed by atoms with Crippen molar-refractivity contribution in [1.82, 2.24) is 4.90 Å². The van der Waals surface area contributed by atoms with Crippen LogP contribution in [0.15, 0.2) is 0 Å². The molecule has 0 aliphatic heterocycles. The summed E-state index contributed by atoms with van der Waals surface area (Å²) in [5.74, 6) is 0.616. The normalized spacial score (nSPS) is 39.4. The van der Waals surface area contributed by atoms with Crippen LogP contribution < -0.4 is 5.73 Å². The molecule has 0 spiro atoms. The van der Waals surface area contributed by atoms with Gasteiger partial charge in [-0.05, 0) is 32.1 Å². The minimum Gasteiger partial charge on any atom is -0.378 e. The average Bonchev–Trinajstić information content (AvgIpc) is 2.80. The lowest BCUT2D eigenvalue weighted by Gasteiger charge is -2.61. The van der Waals surface area contributed by atoms with E-state index in [0.29, 0.717) is 12.3 Å². The van der Waals surface area contributed by atoms with Gasteiger partial charge >= 0.3 is 0 Å². The fourth-order valence-corrected chi connectivity index (χ4v) is 3.94. The highest BCUT2D eigenvalue weighted by Gasteiger charge is 2.59. The molecule has 2 aliphatic carbocycles. The summed E-state index contributed by atoms with van der Waals surface area (Å²) in [6.45, 7) is 6.51. The Balaban J connectivity index is 1.95. The number of nitrogens with two attached hydrogens (primary N) is 1. The Morgan fingerprint density at radius 3 is 2.45 bits per heavy atom. The van der Waals surface area contributed by atoms with Crippen molar-refractivity contribution >= 4 is 5.91 Å². The Kier molecular flexibility index (Phi) is 4.18. The lowest BCUT2D eigenvalue weighted by molar-refractivity contribution is -0.207. The van der Waals surface area contributed by atoms with Crippen molar-refractivity contribution in [3.63, 3.8) is 0 Å². The molecule has 4 nitrogen and oxygen atoms in total. The molecule has 2 aliphatic rings. The zero-order valence-electron chi connectivity index (χ0n) is 13.6. The highest BCUT2D eigenvalue weighted by Crippen LogP contribution is 2.53. The summed E-state index contributed by atoms with van der Waals surface area (Å²) >= 11 is 0. The molecule has 2 unspecified atom stereocenters. The van der Waals surface area contributed by atoms with E-state index in [1.807, 2.05) is 11.9 Å². The zero-order valence-corrected chi connectivity index (χ0v) is 13.6. The predicted octanol–water partition coefficient (Wildman–Crippen LogP) is 2.17. The summed E-state index contributed by atoms with van der Waals surface area (Å²) in [6.07, 6.45) is 4.85. The molecule has 1 amide bonds. The van der Waals surface area contributed by atoms with E-state index in [4.69, 9.17) is 10.5 Å². The molecule has 0 aromatic carbocycles. The molecule has 20 heavy (non-hydrogen) atoms. The molecule has 116 valence electrons. The van der Waals surface area contributed by atoms with Crippen molar-refractivity contribution < 1.29 is 9.53 Å². The van der Waals surface area contributed by atoms with E-state index >= 15 is 0 Å². The summed E-state index contributed by atoms with van der Waals surface area (Å²) in [6, 6.07) is 0.476. The first-order valence-electron chi connectivity index (χ1n) is 7.79. The minimum atomic E-state index is -0.129. The average molecular weight is 282 g/mol. The maximum absolute atomic E-state index is 12.5. The second-order valence-electron chi connectivity index (χ2n) is 7.44. The van der Waals surface area contributed by atoms with Gasteiger partial charge in [0.15, 0.2) is 0 Å². The fraction of sp³-hybridized carbons (Fsp3) is 0.938. The first-order valence-corrected chi connectivity index (χ1v) is 7.79. The monoisotopic (exact) mass is 282 g/mol. The van der Waals surface area contributed by atoms with Crippen LogP contribution in [0.3, 0.4) is 0 Å². The summed E-state index contributed by atoms with van der Waals surface area (Å²) in [5.41, 5.74) is 5.94. The maximum Gasteiger partial charge on any atom is 0.222 e. The highest BCUT2D eigenvalue weighted by molar-refractivity contribution is 5.77. The van der Waals surface area contributed by atoms with Crippen molar-refractivity contribution in [2.75, 3.05) is 14.2 Å². The van der Waals surface area contributed by atoms with E-state index in [9.17, 15) is 4.79 Å². The summed E-state index contributed by atoms with van der Waals surface area (Å²) in [7, 11) is 3.70. The van der Waals surface area contributed by atoms with Gasteiger partial charge in [-0.15, -0.1) is 0 Å². The molecule has 0 heterocycles. The Hall–Kier alpha value is -0.610. The number of methoxy groups -OCH3 is 1. The van der Waals surface area contributed by atoms with Crippen LogP contribution in [0.4, 0.5) is 0 Å². The van der Waals surface area contributed by atoms with Gasteiger partial charge in [-0.3, -0.25) is 4.79 Å². The van der Waals surface area contributed by atoms with Crippen LogP contribution in [0.25, 0.3) is 0 Å². The molecule has 0 radical (unpaired) electrons. The van der Waals surface area contributed by atoms with Gasteiger partial charge in [0, 0.05) is 38.1 Å². The Labute approximate surface area is 123 Å². The summed E-state index contributed by atoms with van der Waals surface area (Å²) in [5, 5.41) is 0. The fourth-order valence-electron chi connectivity index (χ4n) is 3.94. The highest BCUT2D eigenvalue weighted by atomic mass is 16.5. The quantitative estimate of drug-likeness (QED) is 0.859. The smallest absolute Gasteiger partial charge is 0.222 e.